The standard InChI is InChI=1S/C23H32N8O2Si.C16H15N7O.C11H10ClN5.C11H11N5.C10H17N3OSi.C7H10N2.C5H4N4O.C4H8O.C2H6O.2CH4/c1-6-33-23-27-18-19(24)28-20(22-25-9-10-30(22)15-32-11-12-34(3,4)5)29-21(18)31(23)14-17-8-7-16(2)26-13-17;1-9-2-3-10(7-20-9)8-23-12(24)6-11-13(17)21-15(22-16(11)23)14-18-4-5-19-14;1-7-2-3-8(5-15-7)6-17-10(14)9(4-13)16-11(17)12;1-8-2-3-9(5-14-8)6-16-7-15-10(4-12)11(16)13;1-15(2,3)7-6-14-9-13-5-4-12-10(13)8-11;1-6-2-3-7(4-8)5-9-6;6-1-4(8)5(2-7)9-3-10;1-2-4-5-3-1;1-2-3;;/h7-10,13H,6,11-12,14-15H2,1-5H3,(H2,24,28,29);2-5,7H,6,8H2,1H3,(H,18,19)(H2,17,21,22);2-3,5H,6,14H2,1H3;2-3,5,7H,6,13H2,1H3;4-5H,6-7,9H2,1-3H3;2-3,5H,4,8H2,1H3;3H,8H2,(H,9,10);1-4H2;3H,2H2,1H3;2*1H4/b;;;;;;5-4-;;;;. The predicted molar refractivity (Wildman–Crippen MR) is 522 cm³/mol. The average molecular weight is 1890 g/mol. The van der Waals surface area contributed by atoms with Crippen molar-refractivity contribution in [2.45, 2.75) is 180 Å². The minimum atomic E-state index is -1.16. The van der Waals surface area contributed by atoms with Crippen LogP contribution in [0.15, 0.2) is 147 Å². The quantitative estimate of drug-likeness (QED) is 0.0111. The van der Waals surface area contributed by atoms with E-state index in [1.807, 2.05) is 147 Å². The number of fused-ring (bicyclic) bond motifs is 2. The molecular formula is C91H121ClN34O7Si2. The molecule has 13 aromatic rings. The summed E-state index contributed by atoms with van der Waals surface area (Å²) < 4.78 is 30.9. The molecule has 15 rings (SSSR count). The third-order valence-corrected chi connectivity index (χ3v) is 22.4. The van der Waals surface area contributed by atoms with Gasteiger partial charge >= 0.3 is 0 Å². The Morgan fingerprint density at radius 1 is 0.593 bits per heavy atom. The number of aryl methyl sites for hydroxylation is 5. The molecule has 15 heterocycles. The number of anilines is 5. The van der Waals surface area contributed by atoms with Crippen LogP contribution in [0.5, 0.6) is 6.01 Å². The third-order valence-electron chi connectivity index (χ3n) is 18.7. The Bertz CT molecular complexity index is 6100. The van der Waals surface area contributed by atoms with E-state index in [4.69, 9.17) is 101 Å². The number of halogens is 1. The Morgan fingerprint density at radius 3 is 1.56 bits per heavy atom. The van der Waals surface area contributed by atoms with Crippen LogP contribution in [0.4, 0.5) is 29.1 Å². The summed E-state index contributed by atoms with van der Waals surface area (Å²) in [4.78, 5) is 90.7. The normalized spacial score (nSPS) is 11.5. The molecule has 41 nitrogen and oxygen atoms in total. The molecule has 15 N–H and O–H groups in total. The van der Waals surface area contributed by atoms with Crippen molar-refractivity contribution in [1.82, 2.24) is 108 Å². The van der Waals surface area contributed by atoms with Gasteiger partial charge in [0.25, 0.3) is 6.01 Å². The molecule has 1 fully saturated rings. The summed E-state index contributed by atoms with van der Waals surface area (Å²) in [6.07, 6.45) is 23.8. The highest BCUT2D eigenvalue weighted by atomic mass is 35.5. The van der Waals surface area contributed by atoms with Gasteiger partial charge in [-0.3, -0.25) is 53.1 Å². The van der Waals surface area contributed by atoms with Crippen molar-refractivity contribution in [2.75, 3.05) is 67.5 Å². The number of ether oxygens (including phenoxy) is 4. The van der Waals surface area contributed by atoms with Gasteiger partial charge in [0.2, 0.25) is 23.4 Å². The molecular weight excluding hydrogens is 1770 g/mol. The van der Waals surface area contributed by atoms with Crippen molar-refractivity contribution < 1.29 is 33.6 Å². The lowest BCUT2D eigenvalue weighted by Crippen LogP contribution is -2.26. The molecule has 0 spiro atoms. The molecule has 0 bridgehead atoms. The first-order valence-corrected chi connectivity index (χ1v) is 49.8. The van der Waals surface area contributed by atoms with Crippen LogP contribution in [0.3, 0.4) is 0 Å². The highest BCUT2D eigenvalue weighted by Crippen LogP contribution is 2.34. The molecule has 44 heteroatoms. The Hall–Kier alpha value is -15.1. The number of hydrogen-bond donors (Lipinski definition) is 9. The van der Waals surface area contributed by atoms with E-state index in [0.717, 1.165) is 88.2 Å². The van der Waals surface area contributed by atoms with Crippen LogP contribution >= 0.6 is 11.6 Å². The van der Waals surface area contributed by atoms with Crippen molar-refractivity contribution in [2.24, 2.45) is 11.5 Å². The Kier molecular flexibility index (Phi) is 45.7. The van der Waals surface area contributed by atoms with Gasteiger partial charge in [0, 0.05) is 158 Å². The molecule has 0 aliphatic carbocycles. The lowest BCUT2D eigenvalue weighted by Gasteiger charge is -2.17. The molecule has 0 radical (unpaired) electrons. The molecule has 712 valence electrons. The number of aromatic nitrogens is 21. The van der Waals surface area contributed by atoms with Crippen LogP contribution in [0.25, 0.3) is 34.5 Å². The highest BCUT2D eigenvalue weighted by Gasteiger charge is 2.33. The second-order valence-electron chi connectivity index (χ2n) is 31.8. The van der Waals surface area contributed by atoms with Gasteiger partial charge in [-0.05, 0) is 143 Å². The van der Waals surface area contributed by atoms with E-state index in [2.05, 4.69) is 114 Å². The fourth-order valence-corrected chi connectivity index (χ4v) is 13.2. The summed E-state index contributed by atoms with van der Waals surface area (Å²) in [6.45, 7) is 34.7. The summed E-state index contributed by atoms with van der Waals surface area (Å²) in [5.74, 6) is 4.03. The predicted octanol–water partition coefficient (Wildman–Crippen LogP) is 11.7. The fraction of sp³-hybridized carbons (Fsp3) is 0.363. The highest BCUT2D eigenvalue weighted by molar-refractivity contribution is 6.76. The van der Waals surface area contributed by atoms with E-state index in [9.17, 15) is 9.59 Å². The summed E-state index contributed by atoms with van der Waals surface area (Å²) in [5.41, 5.74) is 45.7. The van der Waals surface area contributed by atoms with Crippen LogP contribution in [-0.4, -0.2) is 176 Å². The number of H-pyrrole nitrogens is 1. The maximum absolute atomic E-state index is 12.4. The van der Waals surface area contributed by atoms with Gasteiger partial charge in [-0.1, -0.05) is 84.5 Å². The van der Waals surface area contributed by atoms with Crippen LogP contribution in [-0.2, 0) is 76.4 Å². The first-order valence-electron chi connectivity index (χ1n) is 42.0. The largest absolute Gasteiger partial charge is 0.465 e. The van der Waals surface area contributed by atoms with Gasteiger partial charge in [0.15, 0.2) is 57.4 Å². The zero-order valence-electron chi connectivity index (χ0n) is 76.9. The number of nitriles is 5. The molecule has 13 aromatic heterocycles. The van der Waals surface area contributed by atoms with Crippen LogP contribution in [0.1, 0.15) is 121 Å². The average Bonchev–Trinajstić information content (AvgIpc) is 1.16. The van der Waals surface area contributed by atoms with E-state index >= 15 is 0 Å². The summed E-state index contributed by atoms with van der Waals surface area (Å²) in [5, 5.41) is 52.3. The van der Waals surface area contributed by atoms with E-state index in [1.54, 1.807) is 93.7 Å². The summed E-state index contributed by atoms with van der Waals surface area (Å²) >= 11 is 5.91. The van der Waals surface area contributed by atoms with Gasteiger partial charge in [-0.2, -0.15) is 31.3 Å². The number of nitrogens with two attached hydrogens (primary N) is 6. The molecule has 0 unspecified atom stereocenters. The van der Waals surface area contributed by atoms with Gasteiger partial charge < -0.3 is 77.9 Å². The number of rotatable bonds is 25. The lowest BCUT2D eigenvalue weighted by molar-refractivity contribution is -0.117. The van der Waals surface area contributed by atoms with Crippen molar-refractivity contribution >= 4 is 80.3 Å². The van der Waals surface area contributed by atoms with Crippen LogP contribution < -0.4 is 49.4 Å². The number of nitrogens with one attached hydrogen (secondary N) is 2. The van der Waals surface area contributed by atoms with Gasteiger partial charge in [0.05, 0.1) is 45.5 Å². The van der Waals surface area contributed by atoms with E-state index in [1.165, 1.54) is 18.9 Å². The van der Waals surface area contributed by atoms with Crippen molar-refractivity contribution in [3.8, 4) is 59.7 Å². The number of carbonyl (C=O) groups excluding carboxylic acids is 2. The molecule has 2 amide bonds. The number of nitrogens with zero attached hydrogens (tertiary/aromatic N) is 26. The monoisotopic (exact) mass is 1890 g/mol. The first-order chi connectivity index (χ1) is 63.7. The van der Waals surface area contributed by atoms with Crippen LogP contribution in [0.2, 0.25) is 56.7 Å². The number of pyridine rings is 5. The lowest BCUT2D eigenvalue weighted by atomic mass is 10.2. The second-order valence-corrected chi connectivity index (χ2v) is 43.4. The zero-order chi connectivity index (χ0) is 97.2. The number of hydrogen-bond acceptors (Lipinski definition) is 33. The second kappa shape index (κ2) is 55.9. The maximum Gasteiger partial charge on any atom is 0.299 e. The Balaban J connectivity index is 0.000000284. The van der Waals surface area contributed by atoms with Crippen molar-refractivity contribution in [3.63, 3.8) is 0 Å². The van der Waals surface area contributed by atoms with E-state index in [0.29, 0.717) is 129 Å². The molecule has 135 heavy (non-hydrogen) atoms. The number of allylic oxidation sites excluding steroid dienone is 2. The topological polar surface area (TPSA) is 615 Å². The number of aliphatic hydroxyl groups is 1. The Labute approximate surface area is 793 Å². The number of amides is 2. The van der Waals surface area contributed by atoms with Gasteiger partial charge in [-0.25, -0.2) is 44.9 Å². The number of imidazole rings is 6. The molecule has 0 aromatic carbocycles. The molecule has 2 aliphatic rings. The number of carbonyl (C=O) groups is 2. The third kappa shape index (κ3) is 35.5. The van der Waals surface area contributed by atoms with E-state index < -0.39 is 16.1 Å². The van der Waals surface area contributed by atoms with E-state index in [-0.39, 0.29) is 79.9 Å². The SMILES string of the molecule is C.C.C1CCOC1.CCO.CCOc1nc2c(N)nc(-c3nccn3COCC[Si](C)(C)C)nc2n1Cc1ccc(C)nc1.C[Si](C)(C)CCOCn1ccnc1C#N.Cc1ccc(CN)cn1.Cc1ccc(CN2C(=O)Cc3c(N)nc(-c4ncc[nH]4)nc32)cn1.Cc1ccc(Cn2c(Cl)nc(C#N)c2N)cn1.Cc1ccc(Cn2cnc(C#N)c2N)cn1.N#C/C(N)=C(\C#N)NC=O. The summed E-state index contributed by atoms with van der Waals surface area (Å²) in [7, 11) is -2.17. The molecule has 0 saturated carbocycles. The minimum absolute atomic E-state index is 0. The van der Waals surface area contributed by atoms with Crippen molar-refractivity contribution in [1.29, 1.82) is 26.3 Å². The number of aliphatic hydroxyl groups excluding tert-OH is 1. The van der Waals surface area contributed by atoms with Gasteiger partial charge in [-0.15, -0.1) is 0 Å². The zero-order valence-corrected chi connectivity index (χ0v) is 79.6. The van der Waals surface area contributed by atoms with Crippen LogP contribution in [0, 0.1) is 91.3 Å². The number of nitrogen functional groups attached to an aromatic ring is 4. The number of aromatic amines is 1. The molecule has 2 aliphatic heterocycles. The molecule has 0 atom stereocenters. The Morgan fingerprint density at radius 2 is 1.10 bits per heavy atom. The smallest absolute Gasteiger partial charge is 0.299 e. The fourth-order valence-electron chi connectivity index (χ4n) is 11.4. The van der Waals surface area contributed by atoms with Crippen molar-refractivity contribution in [3.05, 3.63) is 231 Å². The first kappa shape index (κ1) is 110. The molecule has 1 saturated heterocycles. The summed E-state index contributed by atoms with van der Waals surface area (Å²) in [6, 6.07) is 31.2. The maximum atomic E-state index is 12.4. The minimum Gasteiger partial charge on any atom is -0.465 e. The van der Waals surface area contributed by atoms with Gasteiger partial charge in [0.1, 0.15) is 72.8 Å².